The van der Waals surface area contributed by atoms with E-state index in [1.54, 1.807) is 19.1 Å². The van der Waals surface area contributed by atoms with E-state index in [1.165, 1.54) is 26.0 Å². The first-order chi connectivity index (χ1) is 12.5. The molecule has 1 atom stereocenters. The maximum atomic E-state index is 12.4. The Balaban J connectivity index is 1.77. The summed E-state index contributed by atoms with van der Waals surface area (Å²) in [6, 6.07) is 2.48. The molecule has 0 saturated carbocycles. The van der Waals surface area contributed by atoms with E-state index >= 15 is 0 Å². The van der Waals surface area contributed by atoms with Crippen LogP contribution in [0.15, 0.2) is 12.1 Å². The Morgan fingerprint density at radius 3 is 2.46 bits per heavy atom. The Morgan fingerprint density at radius 1 is 1.23 bits per heavy atom. The number of nitrogens with one attached hydrogen (secondary N) is 2. The van der Waals surface area contributed by atoms with Crippen LogP contribution < -0.4 is 24.8 Å². The molecule has 3 rings (SSSR count). The van der Waals surface area contributed by atoms with Crippen LogP contribution in [0.3, 0.4) is 0 Å². The van der Waals surface area contributed by atoms with E-state index in [2.05, 4.69) is 20.7 Å². The van der Waals surface area contributed by atoms with Gasteiger partial charge in [0.2, 0.25) is 17.6 Å². The third-order valence-electron chi connectivity index (χ3n) is 3.90. The molecule has 0 unspecified atom stereocenters. The molecule has 0 fully saturated rings. The van der Waals surface area contributed by atoms with Crippen LogP contribution >= 0.6 is 0 Å². The van der Waals surface area contributed by atoms with Gasteiger partial charge in [0.25, 0.3) is 5.91 Å². The minimum Gasteiger partial charge on any atom is -0.493 e. The van der Waals surface area contributed by atoms with Crippen molar-refractivity contribution in [3.05, 3.63) is 18.0 Å². The number of hydrogen-bond donors (Lipinski definition) is 2. The molecule has 1 aliphatic rings. The van der Waals surface area contributed by atoms with E-state index in [0.29, 0.717) is 34.7 Å². The summed E-state index contributed by atoms with van der Waals surface area (Å²) in [4.78, 5) is 28.5. The van der Waals surface area contributed by atoms with Crippen LogP contribution in [-0.2, 0) is 9.59 Å². The molecule has 0 radical (unpaired) electrons. The lowest BCUT2D eigenvalue weighted by Gasteiger charge is -2.15. The summed E-state index contributed by atoms with van der Waals surface area (Å²) in [5.74, 6) is 1.43. The number of hydrogen-bond acceptors (Lipinski definition) is 7. The van der Waals surface area contributed by atoms with E-state index in [0.717, 1.165) is 0 Å². The lowest BCUT2D eigenvalue weighted by molar-refractivity contribution is -0.123. The monoisotopic (exact) mass is 361 g/mol. The Morgan fingerprint density at radius 2 is 1.88 bits per heavy atom. The molecule has 2 aromatic rings. The average Bonchev–Trinajstić information content (AvgIpc) is 3.10. The van der Waals surface area contributed by atoms with E-state index in [-0.39, 0.29) is 18.2 Å². The topological polar surface area (TPSA) is 117 Å². The zero-order valence-corrected chi connectivity index (χ0v) is 14.8. The number of benzene rings is 1. The molecular formula is C16H19N5O5. The summed E-state index contributed by atoms with van der Waals surface area (Å²) in [6.07, 6.45) is -0.0850. The molecule has 2 amide bonds. The van der Waals surface area contributed by atoms with Gasteiger partial charge >= 0.3 is 0 Å². The fourth-order valence-corrected chi connectivity index (χ4v) is 2.76. The van der Waals surface area contributed by atoms with Crippen molar-refractivity contribution in [2.24, 2.45) is 0 Å². The Hall–Kier alpha value is -3.30. The number of nitrogens with zero attached hydrogens (tertiary/aromatic N) is 3. The summed E-state index contributed by atoms with van der Waals surface area (Å²) in [5, 5.41) is 9.48. The van der Waals surface area contributed by atoms with E-state index < -0.39 is 6.04 Å². The minimum atomic E-state index is -0.742. The quantitative estimate of drug-likeness (QED) is 0.792. The molecule has 10 nitrogen and oxygen atoms in total. The van der Waals surface area contributed by atoms with Crippen molar-refractivity contribution < 1.29 is 23.8 Å². The summed E-state index contributed by atoms with van der Waals surface area (Å²) < 4.78 is 17.2. The van der Waals surface area contributed by atoms with Gasteiger partial charge in [0.1, 0.15) is 11.9 Å². The number of carbonyl (C=O) groups excluding carboxylic acids is 2. The molecule has 138 valence electrons. The highest BCUT2D eigenvalue weighted by molar-refractivity contribution is 6.01. The van der Waals surface area contributed by atoms with Crippen molar-refractivity contribution in [2.75, 3.05) is 32.0 Å². The van der Waals surface area contributed by atoms with Crippen LogP contribution in [0.4, 0.5) is 11.6 Å². The van der Waals surface area contributed by atoms with Gasteiger partial charge in [-0.05, 0) is 6.92 Å². The SMILES string of the molecule is COc1cc(NC(=O)C[C@H]2C(=O)Nc3nc(C)nn32)cc(OC)c1OC. The maximum Gasteiger partial charge on any atom is 0.252 e. The molecule has 1 aromatic carbocycles. The summed E-state index contributed by atoms with van der Waals surface area (Å²) >= 11 is 0. The number of methoxy groups -OCH3 is 3. The zero-order chi connectivity index (χ0) is 18.8. The second kappa shape index (κ2) is 6.90. The third kappa shape index (κ3) is 3.13. The number of anilines is 2. The summed E-state index contributed by atoms with van der Waals surface area (Å²) in [6.45, 7) is 1.71. The second-order valence-corrected chi connectivity index (χ2v) is 5.60. The number of rotatable bonds is 6. The van der Waals surface area contributed by atoms with E-state index in [4.69, 9.17) is 14.2 Å². The molecular weight excluding hydrogens is 342 g/mol. The van der Waals surface area contributed by atoms with Crippen molar-refractivity contribution in [1.29, 1.82) is 0 Å². The number of aromatic nitrogens is 3. The summed E-state index contributed by atoms with van der Waals surface area (Å²) in [5.41, 5.74) is 0.456. The first-order valence-corrected chi connectivity index (χ1v) is 7.80. The summed E-state index contributed by atoms with van der Waals surface area (Å²) in [7, 11) is 4.47. The van der Waals surface area contributed by atoms with Gasteiger partial charge in [-0.1, -0.05) is 0 Å². The van der Waals surface area contributed by atoms with Crippen LogP contribution in [0.25, 0.3) is 0 Å². The van der Waals surface area contributed by atoms with Gasteiger partial charge in [0, 0.05) is 17.8 Å². The number of aryl methyl sites for hydroxylation is 1. The van der Waals surface area contributed by atoms with Gasteiger partial charge in [-0.2, -0.15) is 10.1 Å². The van der Waals surface area contributed by atoms with Crippen molar-refractivity contribution in [3.63, 3.8) is 0 Å². The third-order valence-corrected chi connectivity index (χ3v) is 3.90. The highest BCUT2D eigenvalue weighted by atomic mass is 16.5. The predicted octanol–water partition coefficient (Wildman–Crippen LogP) is 1.13. The van der Waals surface area contributed by atoms with Gasteiger partial charge in [-0.25, -0.2) is 4.68 Å². The van der Waals surface area contributed by atoms with Gasteiger partial charge in [-0.15, -0.1) is 0 Å². The molecule has 0 saturated heterocycles. The van der Waals surface area contributed by atoms with Gasteiger partial charge in [0.05, 0.1) is 27.8 Å². The standard InChI is InChI=1S/C16H19N5O5/c1-8-17-16-19-15(23)10(21(16)20-8)7-13(22)18-9-5-11(24-2)14(26-4)12(6-9)25-3/h5-6,10H,7H2,1-4H3,(H,18,22)(H,17,19,20,23)/t10-/m0/s1. The number of amides is 2. The van der Waals surface area contributed by atoms with Crippen molar-refractivity contribution in [2.45, 2.75) is 19.4 Å². The Kier molecular flexibility index (Phi) is 4.65. The zero-order valence-electron chi connectivity index (χ0n) is 14.8. The van der Waals surface area contributed by atoms with Crippen LogP contribution in [-0.4, -0.2) is 47.9 Å². The molecule has 0 bridgehead atoms. The fourth-order valence-electron chi connectivity index (χ4n) is 2.76. The normalized spacial score (nSPS) is 15.2. The van der Waals surface area contributed by atoms with Crippen LogP contribution in [0, 0.1) is 6.92 Å². The molecule has 10 heteroatoms. The number of carbonyl (C=O) groups is 2. The lowest BCUT2D eigenvalue weighted by Crippen LogP contribution is -2.23. The first-order valence-electron chi connectivity index (χ1n) is 7.80. The molecule has 1 aromatic heterocycles. The van der Waals surface area contributed by atoms with E-state index in [1.807, 2.05) is 0 Å². The molecule has 2 heterocycles. The highest BCUT2D eigenvalue weighted by Crippen LogP contribution is 2.40. The molecule has 26 heavy (non-hydrogen) atoms. The van der Waals surface area contributed by atoms with Crippen LogP contribution in [0.1, 0.15) is 18.3 Å². The highest BCUT2D eigenvalue weighted by Gasteiger charge is 2.34. The molecule has 1 aliphatic heterocycles. The van der Waals surface area contributed by atoms with Gasteiger partial charge < -0.3 is 19.5 Å². The first kappa shape index (κ1) is 17.5. The van der Waals surface area contributed by atoms with Gasteiger partial charge in [-0.3, -0.25) is 14.9 Å². The maximum absolute atomic E-state index is 12.4. The largest absolute Gasteiger partial charge is 0.493 e. The lowest BCUT2D eigenvalue weighted by atomic mass is 10.2. The van der Waals surface area contributed by atoms with Crippen molar-refractivity contribution >= 4 is 23.5 Å². The average molecular weight is 361 g/mol. The Bertz CT molecular complexity index is 838. The van der Waals surface area contributed by atoms with Gasteiger partial charge in [0.15, 0.2) is 11.5 Å². The number of ether oxygens (including phenoxy) is 3. The van der Waals surface area contributed by atoms with E-state index in [9.17, 15) is 9.59 Å². The van der Waals surface area contributed by atoms with Crippen molar-refractivity contribution in [1.82, 2.24) is 14.8 Å². The second-order valence-electron chi connectivity index (χ2n) is 5.60. The smallest absolute Gasteiger partial charge is 0.252 e. The molecule has 0 spiro atoms. The van der Waals surface area contributed by atoms with Crippen LogP contribution in [0.2, 0.25) is 0 Å². The molecule has 0 aliphatic carbocycles. The Labute approximate surface area is 149 Å². The van der Waals surface area contributed by atoms with Crippen LogP contribution in [0.5, 0.6) is 17.2 Å². The number of fused-ring (bicyclic) bond motifs is 1. The minimum absolute atomic E-state index is 0.0850. The fraction of sp³-hybridized carbons (Fsp3) is 0.375. The van der Waals surface area contributed by atoms with Crippen molar-refractivity contribution in [3.8, 4) is 17.2 Å². The molecule has 2 N–H and O–H groups in total. The predicted molar refractivity (Wildman–Crippen MR) is 91.8 cm³/mol.